The highest BCUT2D eigenvalue weighted by Gasteiger charge is 2.36. The van der Waals surface area contributed by atoms with E-state index < -0.39 is 0 Å². The second-order valence-electron chi connectivity index (χ2n) is 6.27. The molecule has 0 heterocycles. The van der Waals surface area contributed by atoms with Gasteiger partial charge in [-0.25, -0.2) is 0 Å². The standard InChI is InChI=1S/C15H25NS/c1-17-15(6-2-3-7-15)11-16-10-14-9-12-4-5-13(14)8-12/h4-5,12-14,16H,2-3,6-11H2,1H3. The molecule has 3 unspecified atom stereocenters. The second kappa shape index (κ2) is 4.97. The third-order valence-corrected chi connectivity index (χ3v) is 6.64. The van der Waals surface area contributed by atoms with Gasteiger partial charge < -0.3 is 5.32 Å². The summed E-state index contributed by atoms with van der Waals surface area (Å²) in [4.78, 5) is 0. The average Bonchev–Trinajstić information content (AvgIpc) is 3.05. The van der Waals surface area contributed by atoms with Crippen LogP contribution in [0.15, 0.2) is 12.2 Å². The molecule has 96 valence electrons. The first kappa shape index (κ1) is 12.1. The monoisotopic (exact) mass is 251 g/mol. The number of thioether (sulfide) groups is 1. The molecule has 17 heavy (non-hydrogen) atoms. The van der Waals surface area contributed by atoms with Gasteiger partial charge in [0.1, 0.15) is 0 Å². The first-order valence-corrected chi connectivity index (χ1v) is 8.48. The molecule has 0 amide bonds. The molecule has 0 aromatic rings. The number of hydrogen-bond acceptors (Lipinski definition) is 2. The van der Waals surface area contributed by atoms with E-state index in [9.17, 15) is 0 Å². The fraction of sp³-hybridized carbons (Fsp3) is 0.867. The van der Waals surface area contributed by atoms with E-state index in [1.807, 2.05) is 0 Å². The predicted octanol–water partition coefficient (Wildman–Crippen LogP) is 3.46. The Kier molecular flexibility index (Phi) is 3.54. The summed E-state index contributed by atoms with van der Waals surface area (Å²) >= 11 is 2.10. The van der Waals surface area contributed by atoms with Crippen LogP contribution in [0.25, 0.3) is 0 Å². The largest absolute Gasteiger partial charge is 0.315 e. The highest BCUT2D eigenvalue weighted by Crippen LogP contribution is 2.43. The van der Waals surface area contributed by atoms with Gasteiger partial charge in [-0.1, -0.05) is 25.0 Å². The summed E-state index contributed by atoms with van der Waals surface area (Å²) in [5.74, 6) is 2.76. The minimum Gasteiger partial charge on any atom is -0.315 e. The third kappa shape index (κ3) is 2.44. The van der Waals surface area contributed by atoms with Crippen molar-refractivity contribution < 1.29 is 0 Å². The maximum Gasteiger partial charge on any atom is 0.0281 e. The van der Waals surface area contributed by atoms with E-state index in [1.165, 1.54) is 51.6 Å². The Bertz CT molecular complexity index is 293. The highest BCUT2D eigenvalue weighted by molar-refractivity contribution is 8.00. The summed E-state index contributed by atoms with van der Waals surface area (Å²) in [6.07, 6.45) is 15.9. The van der Waals surface area contributed by atoms with Gasteiger partial charge in [0.2, 0.25) is 0 Å². The molecule has 3 aliphatic rings. The van der Waals surface area contributed by atoms with Crippen LogP contribution >= 0.6 is 11.8 Å². The van der Waals surface area contributed by atoms with Gasteiger partial charge in [0, 0.05) is 11.3 Å². The summed E-state index contributed by atoms with van der Waals surface area (Å²) in [5.41, 5.74) is 0. The Morgan fingerprint density at radius 3 is 2.65 bits per heavy atom. The Morgan fingerprint density at radius 2 is 2.06 bits per heavy atom. The van der Waals surface area contributed by atoms with Gasteiger partial charge in [-0.3, -0.25) is 0 Å². The van der Waals surface area contributed by atoms with Crippen LogP contribution in [0.3, 0.4) is 0 Å². The molecule has 3 atom stereocenters. The topological polar surface area (TPSA) is 12.0 Å². The summed E-state index contributed by atoms with van der Waals surface area (Å²) in [5, 5.41) is 3.79. The van der Waals surface area contributed by atoms with Crippen LogP contribution in [-0.4, -0.2) is 24.1 Å². The SMILES string of the molecule is CSC1(CNCC2CC3C=CC2C3)CCCC1. The smallest absolute Gasteiger partial charge is 0.0281 e. The third-order valence-electron chi connectivity index (χ3n) is 5.22. The van der Waals surface area contributed by atoms with Gasteiger partial charge in [0.05, 0.1) is 0 Å². The Labute approximate surface area is 110 Å². The van der Waals surface area contributed by atoms with Crippen LogP contribution in [-0.2, 0) is 0 Å². The molecule has 1 nitrogen and oxygen atoms in total. The molecule has 3 aliphatic carbocycles. The van der Waals surface area contributed by atoms with Crippen LogP contribution < -0.4 is 5.32 Å². The second-order valence-corrected chi connectivity index (χ2v) is 7.54. The molecule has 0 spiro atoms. The molecule has 0 aromatic carbocycles. The molecule has 2 fully saturated rings. The quantitative estimate of drug-likeness (QED) is 0.751. The lowest BCUT2D eigenvalue weighted by Crippen LogP contribution is -2.38. The number of nitrogens with one attached hydrogen (secondary N) is 1. The lowest BCUT2D eigenvalue weighted by Gasteiger charge is -2.28. The van der Waals surface area contributed by atoms with Crippen molar-refractivity contribution >= 4 is 11.8 Å². The van der Waals surface area contributed by atoms with Gasteiger partial charge in [-0.15, -0.1) is 0 Å². The highest BCUT2D eigenvalue weighted by atomic mass is 32.2. The van der Waals surface area contributed by atoms with E-state index in [2.05, 4.69) is 35.5 Å². The number of allylic oxidation sites excluding steroid dienone is 2. The van der Waals surface area contributed by atoms with Crippen molar-refractivity contribution in [3.05, 3.63) is 12.2 Å². The van der Waals surface area contributed by atoms with E-state index in [1.54, 1.807) is 0 Å². The summed E-state index contributed by atoms with van der Waals surface area (Å²) in [7, 11) is 0. The predicted molar refractivity (Wildman–Crippen MR) is 76.4 cm³/mol. The zero-order chi connectivity index (χ0) is 11.7. The van der Waals surface area contributed by atoms with Crippen molar-refractivity contribution in [2.75, 3.05) is 19.3 Å². The molecule has 2 heteroatoms. The van der Waals surface area contributed by atoms with Crippen molar-refractivity contribution in [3.63, 3.8) is 0 Å². The molecule has 0 saturated heterocycles. The summed E-state index contributed by atoms with van der Waals surface area (Å²) in [6.45, 7) is 2.50. The molecular weight excluding hydrogens is 226 g/mol. The molecule has 0 aromatic heterocycles. The maximum absolute atomic E-state index is 3.79. The Hall–Kier alpha value is 0.0500. The molecule has 2 saturated carbocycles. The molecule has 0 radical (unpaired) electrons. The van der Waals surface area contributed by atoms with Crippen molar-refractivity contribution in [3.8, 4) is 0 Å². The molecule has 1 N–H and O–H groups in total. The first-order chi connectivity index (χ1) is 8.31. The van der Waals surface area contributed by atoms with Crippen molar-refractivity contribution in [1.82, 2.24) is 5.32 Å². The van der Waals surface area contributed by atoms with Crippen LogP contribution in [0.1, 0.15) is 38.5 Å². The van der Waals surface area contributed by atoms with Crippen LogP contribution in [0.4, 0.5) is 0 Å². The first-order valence-electron chi connectivity index (χ1n) is 7.25. The minimum atomic E-state index is 0.577. The zero-order valence-corrected chi connectivity index (χ0v) is 11.8. The summed E-state index contributed by atoms with van der Waals surface area (Å²) < 4.78 is 0.577. The van der Waals surface area contributed by atoms with Crippen LogP contribution in [0.5, 0.6) is 0 Å². The molecular formula is C15H25NS. The Balaban J connectivity index is 1.44. The maximum atomic E-state index is 3.79. The molecule has 2 bridgehead atoms. The zero-order valence-electron chi connectivity index (χ0n) is 11.0. The van der Waals surface area contributed by atoms with E-state index in [0.717, 1.165) is 17.8 Å². The van der Waals surface area contributed by atoms with Gasteiger partial charge in [0.25, 0.3) is 0 Å². The van der Waals surface area contributed by atoms with Gasteiger partial charge in [0.15, 0.2) is 0 Å². The Morgan fingerprint density at radius 1 is 1.24 bits per heavy atom. The van der Waals surface area contributed by atoms with Crippen molar-refractivity contribution in [1.29, 1.82) is 0 Å². The van der Waals surface area contributed by atoms with Crippen LogP contribution in [0, 0.1) is 17.8 Å². The van der Waals surface area contributed by atoms with Gasteiger partial charge in [-0.05, 0) is 56.2 Å². The minimum absolute atomic E-state index is 0.577. The van der Waals surface area contributed by atoms with E-state index in [0.29, 0.717) is 4.75 Å². The number of fused-ring (bicyclic) bond motifs is 2. The van der Waals surface area contributed by atoms with E-state index >= 15 is 0 Å². The van der Waals surface area contributed by atoms with Crippen molar-refractivity contribution in [2.24, 2.45) is 17.8 Å². The molecule has 3 rings (SSSR count). The summed E-state index contributed by atoms with van der Waals surface area (Å²) in [6, 6.07) is 0. The normalized spacial score (nSPS) is 38.1. The lowest BCUT2D eigenvalue weighted by molar-refractivity contribution is 0.399. The fourth-order valence-electron chi connectivity index (χ4n) is 4.09. The van der Waals surface area contributed by atoms with E-state index in [-0.39, 0.29) is 0 Å². The van der Waals surface area contributed by atoms with Gasteiger partial charge in [-0.2, -0.15) is 11.8 Å². The lowest BCUT2D eigenvalue weighted by atomic mass is 9.93. The average molecular weight is 251 g/mol. The van der Waals surface area contributed by atoms with Crippen molar-refractivity contribution in [2.45, 2.75) is 43.3 Å². The number of rotatable bonds is 5. The van der Waals surface area contributed by atoms with Crippen LogP contribution in [0.2, 0.25) is 0 Å². The number of hydrogen-bond donors (Lipinski definition) is 1. The van der Waals surface area contributed by atoms with E-state index in [4.69, 9.17) is 0 Å². The van der Waals surface area contributed by atoms with Gasteiger partial charge >= 0.3 is 0 Å². The fourth-order valence-corrected chi connectivity index (χ4v) is 5.03. The molecule has 0 aliphatic heterocycles.